The van der Waals surface area contributed by atoms with Gasteiger partial charge in [-0.25, -0.2) is 0 Å². The Labute approximate surface area is 65.2 Å². The summed E-state index contributed by atoms with van der Waals surface area (Å²) in [6.45, 7) is -0.259. The largest absolute Gasteiger partial charge is 0.394 e. The molecule has 0 amide bonds. The van der Waals surface area contributed by atoms with E-state index < -0.39 is 6.29 Å². The molecule has 0 atom stereocenters. The van der Waals surface area contributed by atoms with Crippen LogP contribution in [0.3, 0.4) is 0 Å². The summed E-state index contributed by atoms with van der Waals surface area (Å²) in [7, 11) is 0. The Hall–Kier alpha value is -0.200. The molecule has 5 heteroatoms. The third-order valence-electron chi connectivity index (χ3n) is 0.939. The van der Waals surface area contributed by atoms with Gasteiger partial charge in [0, 0.05) is 0 Å². The Morgan fingerprint density at radius 1 is 0.909 bits per heavy atom. The van der Waals surface area contributed by atoms with Crippen molar-refractivity contribution < 1.29 is 24.8 Å². The fourth-order valence-corrected chi connectivity index (χ4v) is 0.522. The summed E-state index contributed by atoms with van der Waals surface area (Å²) < 4.78 is 9.62. The summed E-state index contributed by atoms with van der Waals surface area (Å²) in [6.07, 6.45) is -0.741. The standard InChI is InChI=1S/C6H14O5/c7-1-3-10-6(5-9)11-4-2-8/h6-9H,1-5H2. The first kappa shape index (κ1) is 10.8. The maximum absolute atomic E-state index is 8.57. The zero-order chi connectivity index (χ0) is 8.53. The Kier molecular flexibility index (Phi) is 7.76. The lowest BCUT2D eigenvalue weighted by molar-refractivity contribution is -0.170. The number of ether oxygens (including phenoxy) is 2. The van der Waals surface area contributed by atoms with Crippen LogP contribution in [0.5, 0.6) is 0 Å². The van der Waals surface area contributed by atoms with Crippen LogP contribution in [0.2, 0.25) is 0 Å². The highest BCUT2D eigenvalue weighted by molar-refractivity contribution is 4.39. The van der Waals surface area contributed by atoms with Crippen LogP contribution < -0.4 is 0 Å². The van der Waals surface area contributed by atoms with Gasteiger partial charge in [-0.3, -0.25) is 0 Å². The molecule has 0 radical (unpaired) electrons. The van der Waals surface area contributed by atoms with Crippen molar-refractivity contribution in [2.24, 2.45) is 0 Å². The van der Waals surface area contributed by atoms with Crippen LogP contribution in [-0.4, -0.2) is 54.6 Å². The summed E-state index contributed by atoms with van der Waals surface area (Å²) in [6, 6.07) is 0. The van der Waals surface area contributed by atoms with E-state index in [1.807, 2.05) is 0 Å². The quantitative estimate of drug-likeness (QED) is 0.394. The number of aliphatic hydroxyl groups is 3. The van der Waals surface area contributed by atoms with Crippen molar-refractivity contribution in [2.75, 3.05) is 33.0 Å². The van der Waals surface area contributed by atoms with Crippen LogP contribution in [0, 0.1) is 0 Å². The summed E-state index contributed by atoms with van der Waals surface area (Å²) in [4.78, 5) is 0. The van der Waals surface area contributed by atoms with Gasteiger partial charge >= 0.3 is 0 Å². The molecule has 0 aliphatic rings. The molecule has 0 heterocycles. The van der Waals surface area contributed by atoms with Gasteiger partial charge in [-0.2, -0.15) is 0 Å². The first-order valence-corrected chi connectivity index (χ1v) is 3.41. The molecule has 0 bridgehead atoms. The van der Waals surface area contributed by atoms with Crippen molar-refractivity contribution >= 4 is 0 Å². The maximum Gasteiger partial charge on any atom is 0.180 e. The molecule has 0 aromatic heterocycles. The van der Waals surface area contributed by atoms with E-state index in [1.165, 1.54) is 0 Å². The molecule has 0 saturated carbocycles. The number of hydrogen-bond acceptors (Lipinski definition) is 5. The monoisotopic (exact) mass is 166 g/mol. The smallest absolute Gasteiger partial charge is 0.180 e. The van der Waals surface area contributed by atoms with Crippen molar-refractivity contribution in [1.29, 1.82) is 0 Å². The van der Waals surface area contributed by atoms with E-state index in [0.717, 1.165) is 0 Å². The predicted molar refractivity (Wildman–Crippen MR) is 36.9 cm³/mol. The Bertz CT molecular complexity index is 69.4. The minimum Gasteiger partial charge on any atom is -0.394 e. The second-order valence-corrected chi connectivity index (χ2v) is 1.80. The number of aliphatic hydroxyl groups excluding tert-OH is 3. The van der Waals surface area contributed by atoms with Gasteiger partial charge in [0.1, 0.15) is 0 Å². The van der Waals surface area contributed by atoms with Gasteiger partial charge in [0.25, 0.3) is 0 Å². The molecule has 0 unspecified atom stereocenters. The van der Waals surface area contributed by atoms with Gasteiger partial charge in [-0.15, -0.1) is 0 Å². The summed E-state index contributed by atoms with van der Waals surface area (Å²) >= 11 is 0. The van der Waals surface area contributed by atoms with Gasteiger partial charge in [0.2, 0.25) is 0 Å². The van der Waals surface area contributed by atoms with Crippen molar-refractivity contribution in [2.45, 2.75) is 6.29 Å². The highest BCUT2D eigenvalue weighted by Gasteiger charge is 2.05. The van der Waals surface area contributed by atoms with Crippen LogP contribution in [-0.2, 0) is 9.47 Å². The molecule has 3 N–H and O–H groups in total. The molecular formula is C6H14O5. The van der Waals surface area contributed by atoms with Crippen LogP contribution in [0.1, 0.15) is 0 Å². The van der Waals surface area contributed by atoms with Crippen LogP contribution in [0.25, 0.3) is 0 Å². The molecule has 5 nitrogen and oxygen atoms in total. The minimum absolute atomic E-state index is 0.112. The Balaban J connectivity index is 3.25. The van der Waals surface area contributed by atoms with Gasteiger partial charge in [0.05, 0.1) is 33.0 Å². The second kappa shape index (κ2) is 7.90. The molecule has 0 saturated heterocycles. The maximum atomic E-state index is 8.57. The lowest BCUT2D eigenvalue weighted by atomic mass is 10.6. The molecular weight excluding hydrogens is 152 g/mol. The summed E-state index contributed by atoms with van der Waals surface area (Å²) in [5.74, 6) is 0. The molecule has 0 aliphatic carbocycles. The fraction of sp³-hybridized carbons (Fsp3) is 1.00. The third kappa shape index (κ3) is 6.21. The fourth-order valence-electron chi connectivity index (χ4n) is 0.522. The van der Waals surface area contributed by atoms with E-state index in [2.05, 4.69) is 0 Å². The average Bonchev–Trinajstić information content (AvgIpc) is 2.05. The van der Waals surface area contributed by atoms with E-state index in [4.69, 9.17) is 24.8 Å². The molecule has 68 valence electrons. The number of rotatable bonds is 7. The number of hydrogen-bond donors (Lipinski definition) is 3. The van der Waals surface area contributed by atoms with E-state index in [0.29, 0.717) is 0 Å². The first-order valence-electron chi connectivity index (χ1n) is 3.41. The predicted octanol–water partition coefficient (Wildman–Crippen LogP) is -1.68. The lowest BCUT2D eigenvalue weighted by Gasteiger charge is -2.14. The van der Waals surface area contributed by atoms with Crippen LogP contribution in [0.15, 0.2) is 0 Å². The minimum atomic E-state index is -0.741. The van der Waals surface area contributed by atoms with E-state index in [-0.39, 0.29) is 33.0 Å². The normalized spacial score (nSPS) is 10.9. The van der Waals surface area contributed by atoms with Gasteiger partial charge in [0.15, 0.2) is 6.29 Å². The van der Waals surface area contributed by atoms with Crippen LogP contribution in [0.4, 0.5) is 0 Å². The SMILES string of the molecule is OCCOC(CO)OCCO. The van der Waals surface area contributed by atoms with Crippen molar-refractivity contribution in [3.05, 3.63) is 0 Å². The average molecular weight is 166 g/mol. The van der Waals surface area contributed by atoms with Gasteiger partial charge < -0.3 is 24.8 Å². The van der Waals surface area contributed by atoms with E-state index >= 15 is 0 Å². The molecule has 0 spiro atoms. The molecule has 0 aromatic carbocycles. The zero-order valence-electron chi connectivity index (χ0n) is 6.27. The molecule has 0 fully saturated rings. The third-order valence-corrected chi connectivity index (χ3v) is 0.939. The van der Waals surface area contributed by atoms with Crippen molar-refractivity contribution in [1.82, 2.24) is 0 Å². The Morgan fingerprint density at radius 3 is 1.64 bits per heavy atom. The first-order chi connectivity index (χ1) is 5.35. The van der Waals surface area contributed by atoms with Gasteiger partial charge in [-0.05, 0) is 0 Å². The Morgan fingerprint density at radius 2 is 1.36 bits per heavy atom. The highest BCUT2D eigenvalue weighted by Crippen LogP contribution is 1.92. The zero-order valence-corrected chi connectivity index (χ0v) is 6.27. The molecule has 11 heavy (non-hydrogen) atoms. The highest BCUT2D eigenvalue weighted by atomic mass is 16.7. The van der Waals surface area contributed by atoms with Crippen molar-refractivity contribution in [3.63, 3.8) is 0 Å². The summed E-state index contributed by atoms with van der Waals surface area (Å²) in [5, 5.41) is 25.2. The second-order valence-electron chi connectivity index (χ2n) is 1.80. The van der Waals surface area contributed by atoms with E-state index in [9.17, 15) is 0 Å². The van der Waals surface area contributed by atoms with E-state index in [1.54, 1.807) is 0 Å². The van der Waals surface area contributed by atoms with Crippen LogP contribution >= 0.6 is 0 Å². The molecule has 0 aromatic rings. The summed E-state index contributed by atoms with van der Waals surface area (Å²) in [5.41, 5.74) is 0. The molecule has 0 aliphatic heterocycles. The molecule has 0 rings (SSSR count). The van der Waals surface area contributed by atoms with Crippen molar-refractivity contribution in [3.8, 4) is 0 Å². The van der Waals surface area contributed by atoms with Gasteiger partial charge in [-0.1, -0.05) is 0 Å². The topological polar surface area (TPSA) is 79.2 Å². The lowest BCUT2D eigenvalue weighted by Crippen LogP contribution is -2.24.